The van der Waals surface area contributed by atoms with Crippen molar-refractivity contribution in [1.29, 1.82) is 0 Å². The van der Waals surface area contributed by atoms with Crippen molar-refractivity contribution in [2.45, 2.75) is 18.6 Å². The summed E-state index contributed by atoms with van der Waals surface area (Å²) in [6, 6.07) is 0. The molecule has 0 amide bonds. The molecule has 4 nitrogen and oxygen atoms in total. The standard InChI is InChI=1S/C5H16N2O2Si/c1-4-5(6,7)10(8-2)9-3/h10H,4,6-7H2,1-3H3. The van der Waals surface area contributed by atoms with Gasteiger partial charge in [0.25, 0.3) is 0 Å². The first-order chi connectivity index (χ1) is 4.58. The van der Waals surface area contributed by atoms with Gasteiger partial charge < -0.3 is 20.3 Å². The fourth-order valence-electron chi connectivity index (χ4n) is 0.702. The van der Waals surface area contributed by atoms with E-state index >= 15 is 0 Å². The van der Waals surface area contributed by atoms with Gasteiger partial charge >= 0.3 is 9.28 Å². The molecule has 0 aromatic carbocycles. The van der Waals surface area contributed by atoms with Crippen LogP contribution in [0.2, 0.25) is 0 Å². The normalized spacial score (nSPS) is 12.6. The molecule has 0 aromatic heterocycles. The Hall–Kier alpha value is 0.0569. The third kappa shape index (κ3) is 2.35. The van der Waals surface area contributed by atoms with Crippen LogP contribution in [0.15, 0.2) is 0 Å². The minimum absolute atomic E-state index is 0.672. The lowest BCUT2D eigenvalue weighted by Gasteiger charge is -2.27. The molecule has 0 aromatic rings. The van der Waals surface area contributed by atoms with Gasteiger partial charge in [-0.05, 0) is 6.42 Å². The Morgan fingerprint density at radius 3 is 1.80 bits per heavy atom. The summed E-state index contributed by atoms with van der Waals surface area (Å²) in [6.07, 6.45) is 0.672. The Bertz CT molecular complexity index is 95.6. The molecule has 0 aliphatic rings. The molecule has 0 unspecified atom stereocenters. The monoisotopic (exact) mass is 164 g/mol. The summed E-state index contributed by atoms with van der Waals surface area (Å²) in [7, 11) is 1.30. The van der Waals surface area contributed by atoms with Crippen molar-refractivity contribution < 1.29 is 8.85 Å². The molecule has 0 spiro atoms. The van der Waals surface area contributed by atoms with Crippen molar-refractivity contribution in [2.75, 3.05) is 14.2 Å². The predicted octanol–water partition coefficient (Wildman–Crippen LogP) is -0.937. The van der Waals surface area contributed by atoms with Gasteiger partial charge in [-0.25, -0.2) is 0 Å². The summed E-state index contributed by atoms with van der Waals surface area (Å²) >= 11 is 0. The lowest BCUT2D eigenvalue weighted by molar-refractivity contribution is 0.240. The van der Waals surface area contributed by atoms with Crippen LogP contribution in [-0.2, 0) is 8.85 Å². The van der Waals surface area contributed by atoms with E-state index in [4.69, 9.17) is 20.3 Å². The van der Waals surface area contributed by atoms with E-state index in [-0.39, 0.29) is 0 Å². The Morgan fingerprint density at radius 2 is 1.70 bits per heavy atom. The number of hydrogen-bond acceptors (Lipinski definition) is 4. The van der Waals surface area contributed by atoms with Gasteiger partial charge in [0, 0.05) is 14.2 Å². The highest BCUT2D eigenvalue weighted by Crippen LogP contribution is 2.03. The largest absolute Gasteiger partial charge is 0.398 e. The minimum atomic E-state index is -1.85. The highest BCUT2D eigenvalue weighted by atomic mass is 28.3. The van der Waals surface area contributed by atoms with E-state index in [2.05, 4.69) is 0 Å². The number of nitrogens with two attached hydrogens (primary N) is 2. The molecule has 62 valence electrons. The maximum absolute atomic E-state index is 5.67. The molecular formula is C5H16N2O2Si. The second-order valence-electron chi connectivity index (χ2n) is 2.27. The topological polar surface area (TPSA) is 70.5 Å². The molecule has 0 aliphatic heterocycles. The first-order valence-electron chi connectivity index (χ1n) is 3.21. The van der Waals surface area contributed by atoms with Gasteiger partial charge in [-0.15, -0.1) is 0 Å². The molecule has 0 radical (unpaired) electrons. The Kier molecular flexibility index (Phi) is 4.07. The molecule has 0 fully saturated rings. The second kappa shape index (κ2) is 4.04. The summed E-state index contributed by atoms with van der Waals surface area (Å²) in [4.78, 5) is 0. The van der Waals surface area contributed by atoms with Crippen LogP contribution in [0.25, 0.3) is 0 Å². The van der Waals surface area contributed by atoms with E-state index in [1.807, 2.05) is 6.92 Å². The van der Waals surface area contributed by atoms with Crippen molar-refractivity contribution in [3.8, 4) is 0 Å². The zero-order valence-electron chi connectivity index (χ0n) is 6.76. The van der Waals surface area contributed by atoms with Crippen LogP contribution in [0.1, 0.15) is 13.3 Å². The Balaban J connectivity index is 3.97. The first-order valence-corrected chi connectivity index (χ1v) is 4.73. The van der Waals surface area contributed by atoms with Crippen LogP contribution in [-0.4, -0.2) is 28.8 Å². The van der Waals surface area contributed by atoms with E-state index in [0.29, 0.717) is 6.42 Å². The average molecular weight is 164 g/mol. The van der Waals surface area contributed by atoms with Crippen LogP contribution in [0.3, 0.4) is 0 Å². The highest BCUT2D eigenvalue weighted by molar-refractivity contribution is 6.48. The molecule has 10 heavy (non-hydrogen) atoms. The molecule has 0 aliphatic carbocycles. The lowest BCUT2D eigenvalue weighted by atomic mass is 10.4. The summed E-state index contributed by atoms with van der Waals surface area (Å²) in [5, 5.41) is -0.747. The molecule has 5 heteroatoms. The van der Waals surface area contributed by atoms with Crippen LogP contribution >= 0.6 is 0 Å². The lowest BCUT2D eigenvalue weighted by Crippen LogP contribution is -2.62. The van der Waals surface area contributed by atoms with Crippen molar-refractivity contribution in [3.63, 3.8) is 0 Å². The zero-order valence-corrected chi connectivity index (χ0v) is 7.91. The molecule has 0 rings (SSSR count). The zero-order chi connectivity index (χ0) is 8.20. The summed E-state index contributed by atoms with van der Waals surface area (Å²) in [5.74, 6) is 0. The van der Waals surface area contributed by atoms with Crippen LogP contribution < -0.4 is 11.5 Å². The fraction of sp³-hybridized carbons (Fsp3) is 1.00. The van der Waals surface area contributed by atoms with Gasteiger partial charge in [0.1, 0.15) is 5.29 Å². The van der Waals surface area contributed by atoms with E-state index in [1.54, 1.807) is 14.2 Å². The second-order valence-corrected chi connectivity index (χ2v) is 4.95. The Labute approximate surface area is 63.3 Å². The molecular weight excluding hydrogens is 148 g/mol. The van der Waals surface area contributed by atoms with Gasteiger partial charge in [0.2, 0.25) is 0 Å². The van der Waals surface area contributed by atoms with Crippen LogP contribution in [0, 0.1) is 0 Å². The van der Waals surface area contributed by atoms with Crippen LogP contribution in [0.4, 0.5) is 0 Å². The van der Waals surface area contributed by atoms with Crippen molar-refractivity contribution in [1.82, 2.24) is 0 Å². The first kappa shape index (κ1) is 10.1. The molecule has 0 saturated heterocycles. The van der Waals surface area contributed by atoms with Gasteiger partial charge in [-0.3, -0.25) is 0 Å². The quantitative estimate of drug-likeness (QED) is 0.416. The fourth-order valence-corrected chi connectivity index (χ4v) is 2.11. The van der Waals surface area contributed by atoms with Gasteiger partial charge in [0.05, 0.1) is 0 Å². The summed E-state index contributed by atoms with van der Waals surface area (Å²) in [6.45, 7) is 1.91. The maximum Gasteiger partial charge on any atom is 0.356 e. The summed E-state index contributed by atoms with van der Waals surface area (Å²) < 4.78 is 10.0. The van der Waals surface area contributed by atoms with Crippen molar-refractivity contribution in [3.05, 3.63) is 0 Å². The minimum Gasteiger partial charge on any atom is -0.398 e. The number of hydrogen-bond donors (Lipinski definition) is 2. The smallest absolute Gasteiger partial charge is 0.356 e. The highest BCUT2D eigenvalue weighted by Gasteiger charge is 2.32. The molecule has 0 saturated carbocycles. The third-order valence-corrected chi connectivity index (χ3v) is 3.62. The molecule has 0 bridgehead atoms. The number of rotatable bonds is 4. The third-order valence-electron chi connectivity index (χ3n) is 1.48. The van der Waals surface area contributed by atoms with E-state index in [0.717, 1.165) is 0 Å². The molecule has 0 atom stereocenters. The van der Waals surface area contributed by atoms with Crippen molar-refractivity contribution >= 4 is 9.28 Å². The molecule has 4 N–H and O–H groups in total. The van der Waals surface area contributed by atoms with E-state index in [9.17, 15) is 0 Å². The predicted molar refractivity (Wildman–Crippen MR) is 42.6 cm³/mol. The average Bonchev–Trinajstić information content (AvgIpc) is 1.90. The Morgan fingerprint density at radius 1 is 1.30 bits per heavy atom. The van der Waals surface area contributed by atoms with E-state index < -0.39 is 14.6 Å². The summed E-state index contributed by atoms with van der Waals surface area (Å²) in [5.41, 5.74) is 11.3. The SMILES string of the molecule is CCC(N)(N)[SiH](OC)OC. The van der Waals surface area contributed by atoms with Gasteiger partial charge in [-0.1, -0.05) is 6.92 Å². The molecule has 0 heterocycles. The van der Waals surface area contributed by atoms with Crippen molar-refractivity contribution in [2.24, 2.45) is 11.5 Å². The van der Waals surface area contributed by atoms with E-state index in [1.165, 1.54) is 0 Å². The van der Waals surface area contributed by atoms with Crippen LogP contribution in [0.5, 0.6) is 0 Å². The van der Waals surface area contributed by atoms with Gasteiger partial charge in [0.15, 0.2) is 0 Å². The maximum atomic E-state index is 5.67. The van der Waals surface area contributed by atoms with Gasteiger partial charge in [-0.2, -0.15) is 0 Å².